The lowest BCUT2D eigenvalue weighted by atomic mass is 10.3. The van der Waals surface area contributed by atoms with Crippen molar-refractivity contribution >= 4 is 18.1 Å². The summed E-state index contributed by atoms with van der Waals surface area (Å²) < 4.78 is 0. The fraction of sp³-hybridized carbons (Fsp3) is 0.375. The van der Waals surface area contributed by atoms with E-state index in [4.69, 9.17) is 0 Å². The Labute approximate surface area is 66.3 Å². The number of aliphatic imine (C=N–C) groups is 3. The average Bonchev–Trinajstić information content (AvgIpc) is 2.38. The van der Waals surface area contributed by atoms with Gasteiger partial charge in [-0.2, -0.15) is 0 Å². The van der Waals surface area contributed by atoms with Gasteiger partial charge in [0.05, 0.1) is 11.4 Å². The fourth-order valence-corrected chi connectivity index (χ4v) is 0.911. The lowest BCUT2D eigenvalue weighted by molar-refractivity contribution is 1.43. The first-order chi connectivity index (χ1) is 5.36. The summed E-state index contributed by atoms with van der Waals surface area (Å²) in [6, 6.07) is 0. The zero-order chi connectivity index (χ0) is 8.10. The third-order valence-electron chi connectivity index (χ3n) is 1.33. The van der Waals surface area contributed by atoms with Crippen LogP contribution in [-0.2, 0) is 0 Å². The van der Waals surface area contributed by atoms with Crippen molar-refractivity contribution in [1.82, 2.24) is 0 Å². The predicted octanol–water partition coefficient (Wildman–Crippen LogP) is 1.12. The van der Waals surface area contributed by atoms with E-state index < -0.39 is 0 Å². The highest BCUT2D eigenvalue weighted by Gasteiger charge is 2.02. The number of hydrogen-bond acceptors (Lipinski definition) is 3. The van der Waals surface area contributed by atoms with Crippen LogP contribution in [0.4, 0.5) is 0 Å². The van der Waals surface area contributed by atoms with Gasteiger partial charge < -0.3 is 0 Å². The minimum atomic E-state index is 0.874. The number of allylic oxidation sites excluding steroid dienone is 2. The maximum Gasteiger partial charge on any atom is 0.0775 e. The molecule has 1 aliphatic heterocycles. The van der Waals surface area contributed by atoms with Crippen LogP contribution in [-0.4, -0.2) is 32.2 Å². The molecular formula is C8H11N3. The molecule has 0 unspecified atom stereocenters. The van der Waals surface area contributed by atoms with Crippen molar-refractivity contribution < 1.29 is 0 Å². The monoisotopic (exact) mass is 149 g/mol. The molecular weight excluding hydrogens is 138 g/mol. The van der Waals surface area contributed by atoms with E-state index in [1.54, 1.807) is 26.5 Å². The molecule has 11 heavy (non-hydrogen) atoms. The molecule has 0 aromatic heterocycles. The van der Waals surface area contributed by atoms with Crippen molar-refractivity contribution in [3.8, 4) is 0 Å². The molecule has 0 atom stereocenters. The van der Waals surface area contributed by atoms with Gasteiger partial charge in [0, 0.05) is 32.9 Å². The minimum Gasteiger partial charge on any atom is -0.295 e. The summed E-state index contributed by atoms with van der Waals surface area (Å²) in [6.07, 6.45) is 6.42. The van der Waals surface area contributed by atoms with E-state index in [0.717, 1.165) is 17.8 Å². The molecule has 0 spiro atoms. The van der Waals surface area contributed by atoms with Gasteiger partial charge in [-0.15, -0.1) is 0 Å². The molecule has 0 radical (unpaired) electrons. The first kappa shape index (κ1) is 7.85. The van der Waals surface area contributed by atoms with Crippen LogP contribution in [0.5, 0.6) is 0 Å². The largest absolute Gasteiger partial charge is 0.295 e. The van der Waals surface area contributed by atoms with Gasteiger partial charge in [-0.05, 0) is 0 Å². The van der Waals surface area contributed by atoms with Gasteiger partial charge >= 0.3 is 0 Å². The van der Waals surface area contributed by atoms with Gasteiger partial charge in [-0.3, -0.25) is 15.0 Å². The van der Waals surface area contributed by atoms with E-state index >= 15 is 0 Å². The molecule has 0 aromatic rings. The van der Waals surface area contributed by atoms with E-state index in [2.05, 4.69) is 15.0 Å². The number of rotatable bonds is 2. The van der Waals surface area contributed by atoms with E-state index in [1.807, 2.05) is 6.08 Å². The second-order valence-electron chi connectivity index (χ2n) is 2.21. The molecule has 0 aromatic carbocycles. The zero-order valence-electron chi connectivity index (χ0n) is 6.78. The van der Waals surface area contributed by atoms with Crippen LogP contribution in [0.15, 0.2) is 26.8 Å². The maximum atomic E-state index is 4.25. The molecule has 3 nitrogen and oxygen atoms in total. The summed E-state index contributed by atoms with van der Waals surface area (Å²) in [6.45, 7) is 0. The highest BCUT2D eigenvalue weighted by Crippen LogP contribution is 2.06. The lowest BCUT2D eigenvalue weighted by Crippen LogP contribution is -1.93. The van der Waals surface area contributed by atoms with Crippen LogP contribution in [0.1, 0.15) is 6.42 Å². The molecule has 1 aliphatic rings. The van der Waals surface area contributed by atoms with Crippen molar-refractivity contribution in [2.24, 2.45) is 15.0 Å². The molecule has 1 heterocycles. The molecule has 0 N–H and O–H groups in total. The van der Waals surface area contributed by atoms with Crippen molar-refractivity contribution in [3.63, 3.8) is 0 Å². The average molecular weight is 149 g/mol. The second-order valence-corrected chi connectivity index (χ2v) is 2.21. The van der Waals surface area contributed by atoms with Crippen LogP contribution < -0.4 is 0 Å². The van der Waals surface area contributed by atoms with Gasteiger partial charge in [-0.1, -0.05) is 6.08 Å². The van der Waals surface area contributed by atoms with Gasteiger partial charge in [0.15, 0.2) is 0 Å². The van der Waals surface area contributed by atoms with Crippen LogP contribution in [0.2, 0.25) is 0 Å². The van der Waals surface area contributed by atoms with E-state index in [1.165, 1.54) is 0 Å². The Kier molecular flexibility index (Phi) is 2.72. The van der Waals surface area contributed by atoms with Crippen LogP contribution in [0, 0.1) is 0 Å². The number of nitrogens with zero attached hydrogens (tertiary/aromatic N) is 3. The Hall–Kier alpha value is -1.25. The van der Waals surface area contributed by atoms with Crippen molar-refractivity contribution in [3.05, 3.63) is 11.8 Å². The standard InChI is InChI=1S/C8H11N3/c1-9-5-7-3-4-8(11-7)6-10-2/h3,5-6H,4H2,1-2H3. The molecule has 3 heteroatoms. The van der Waals surface area contributed by atoms with Crippen molar-refractivity contribution in [2.75, 3.05) is 14.1 Å². The Morgan fingerprint density at radius 2 is 2.09 bits per heavy atom. The van der Waals surface area contributed by atoms with Crippen molar-refractivity contribution in [2.45, 2.75) is 6.42 Å². The Morgan fingerprint density at radius 1 is 1.36 bits per heavy atom. The molecule has 0 fully saturated rings. The van der Waals surface area contributed by atoms with E-state index in [9.17, 15) is 0 Å². The highest BCUT2D eigenvalue weighted by molar-refractivity contribution is 6.32. The molecule has 58 valence electrons. The third-order valence-corrected chi connectivity index (χ3v) is 1.33. The van der Waals surface area contributed by atoms with Gasteiger partial charge in [0.25, 0.3) is 0 Å². The Morgan fingerprint density at radius 3 is 2.73 bits per heavy atom. The summed E-state index contributed by atoms with van der Waals surface area (Å²) in [5.41, 5.74) is 1.94. The minimum absolute atomic E-state index is 0.874. The summed E-state index contributed by atoms with van der Waals surface area (Å²) in [5.74, 6) is 0. The highest BCUT2D eigenvalue weighted by atomic mass is 14.8. The topological polar surface area (TPSA) is 37.1 Å². The van der Waals surface area contributed by atoms with E-state index in [-0.39, 0.29) is 0 Å². The first-order valence-electron chi connectivity index (χ1n) is 3.49. The molecule has 0 saturated carbocycles. The lowest BCUT2D eigenvalue weighted by Gasteiger charge is -1.84. The van der Waals surface area contributed by atoms with Crippen molar-refractivity contribution in [1.29, 1.82) is 0 Å². The Bertz CT molecular complexity index is 246. The molecule has 0 amide bonds. The number of hydrogen-bond donors (Lipinski definition) is 0. The summed E-state index contributed by atoms with van der Waals surface area (Å²) in [5, 5.41) is 0. The van der Waals surface area contributed by atoms with E-state index in [0.29, 0.717) is 0 Å². The van der Waals surface area contributed by atoms with Crippen LogP contribution in [0.3, 0.4) is 0 Å². The zero-order valence-corrected chi connectivity index (χ0v) is 6.78. The quantitative estimate of drug-likeness (QED) is 0.527. The fourth-order valence-electron chi connectivity index (χ4n) is 0.911. The second kappa shape index (κ2) is 3.81. The van der Waals surface area contributed by atoms with Crippen LogP contribution >= 0.6 is 0 Å². The molecule has 0 saturated heterocycles. The van der Waals surface area contributed by atoms with Gasteiger partial charge in [0.1, 0.15) is 0 Å². The molecule has 0 aliphatic carbocycles. The first-order valence-corrected chi connectivity index (χ1v) is 3.49. The van der Waals surface area contributed by atoms with Gasteiger partial charge in [0.2, 0.25) is 0 Å². The smallest absolute Gasteiger partial charge is 0.0775 e. The Balaban J connectivity index is 2.63. The maximum absolute atomic E-state index is 4.25. The molecule has 0 bridgehead atoms. The third kappa shape index (κ3) is 2.11. The summed E-state index contributed by atoms with van der Waals surface area (Å²) >= 11 is 0. The molecule has 1 rings (SSSR count). The van der Waals surface area contributed by atoms with Gasteiger partial charge in [-0.25, -0.2) is 0 Å². The SMILES string of the molecule is CN=CC1=CCC(C=NC)=N1. The normalized spacial score (nSPS) is 18.0. The predicted molar refractivity (Wildman–Crippen MR) is 49.0 cm³/mol. The summed E-state index contributed by atoms with van der Waals surface area (Å²) in [4.78, 5) is 12.0. The van der Waals surface area contributed by atoms with Crippen LogP contribution in [0.25, 0.3) is 0 Å². The summed E-state index contributed by atoms with van der Waals surface area (Å²) in [7, 11) is 3.48.